The molecule has 1 aromatic heterocycles. The molecule has 0 bridgehead atoms. The number of alkyl halides is 3. The molecule has 0 saturated heterocycles. The molecule has 0 fully saturated rings. The summed E-state index contributed by atoms with van der Waals surface area (Å²) < 4.78 is 46.9. The second kappa shape index (κ2) is 16.1. The summed E-state index contributed by atoms with van der Waals surface area (Å²) in [7, 11) is 0. The van der Waals surface area contributed by atoms with Crippen molar-refractivity contribution in [3.05, 3.63) is 180 Å². The lowest BCUT2D eigenvalue weighted by Gasteiger charge is -2.19. The number of nitrogens with one attached hydrogen (secondary N) is 3. The summed E-state index contributed by atoms with van der Waals surface area (Å²) in [6.07, 6.45) is -3.21. The number of carbonyl (C=O) groups is 3. The van der Waals surface area contributed by atoms with Gasteiger partial charge in [0.25, 0.3) is 11.8 Å². The molecule has 0 unspecified atom stereocenters. The number of halogens is 3. The van der Waals surface area contributed by atoms with Gasteiger partial charge in [0, 0.05) is 27.8 Å². The molecule has 5 aromatic carbocycles. The van der Waals surface area contributed by atoms with Gasteiger partial charge in [-0.15, -0.1) is 11.8 Å². The summed E-state index contributed by atoms with van der Waals surface area (Å²) in [4.78, 5) is 40.8. The van der Waals surface area contributed by atoms with Gasteiger partial charge in [0.2, 0.25) is 5.91 Å². The first kappa shape index (κ1) is 35.5. The largest absolute Gasteiger partial charge is 0.457 e. The number of furan rings is 1. The molecule has 0 saturated carbocycles. The van der Waals surface area contributed by atoms with E-state index < -0.39 is 34.7 Å². The molecule has 260 valence electrons. The van der Waals surface area contributed by atoms with Crippen LogP contribution in [0, 0.1) is 0 Å². The van der Waals surface area contributed by atoms with E-state index in [9.17, 15) is 27.6 Å². The Bertz CT molecular complexity index is 2190. The summed E-state index contributed by atoms with van der Waals surface area (Å²) >= 11 is 1.14. The van der Waals surface area contributed by atoms with Crippen molar-refractivity contribution in [2.75, 3.05) is 10.6 Å². The molecule has 7 nitrogen and oxygen atoms in total. The van der Waals surface area contributed by atoms with Crippen LogP contribution in [-0.2, 0) is 15.8 Å². The van der Waals surface area contributed by atoms with Crippen LogP contribution in [-0.4, -0.2) is 17.7 Å². The number of hydrogen-bond acceptors (Lipinski definition) is 5. The highest BCUT2D eigenvalue weighted by Gasteiger charge is 2.34. The number of anilines is 2. The summed E-state index contributed by atoms with van der Waals surface area (Å²) in [5.74, 6) is -0.824. The van der Waals surface area contributed by atoms with Gasteiger partial charge in [0.05, 0.1) is 11.3 Å². The van der Waals surface area contributed by atoms with Crippen LogP contribution in [0.4, 0.5) is 24.5 Å². The van der Waals surface area contributed by atoms with Crippen LogP contribution in [0.25, 0.3) is 17.4 Å². The van der Waals surface area contributed by atoms with Gasteiger partial charge in [0.1, 0.15) is 22.5 Å². The molecule has 0 aliphatic carbocycles. The number of benzene rings is 5. The smallest absolute Gasteiger partial charge is 0.418 e. The van der Waals surface area contributed by atoms with Gasteiger partial charge in [-0.05, 0) is 66.2 Å². The standard InChI is InChI=1S/C41H30F3N3O4S/c42-41(43,44)33-18-10-11-19-34(33)46-40(50)37(28-14-6-2-7-15-28)52-32-23-20-30(21-24-32)45-39(49)35(47-38(48)29-16-8-3-9-17-29)26-31-22-25-36(51-31)27-12-4-1-5-13-27/h1-26,37H,(H,45,49)(H,46,50)(H,47,48)/b35-26+/t37-/m0/s1. The zero-order chi connectivity index (χ0) is 36.5. The van der Waals surface area contributed by atoms with Gasteiger partial charge >= 0.3 is 6.18 Å². The Labute approximate surface area is 301 Å². The fourth-order valence-corrected chi connectivity index (χ4v) is 6.19. The average molecular weight is 718 g/mol. The van der Waals surface area contributed by atoms with Crippen molar-refractivity contribution in [2.45, 2.75) is 16.3 Å². The minimum atomic E-state index is -4.65. The topological polar surface area (TPSA) is 100 Å². The molecule has 0 aliphatic heterocycles. The highest BCUT2D eigenvalue weighted by molar-refractivity contribution is 8.00. The minimum Gasteiger partial charge on any atom is -0.457 e. The molecule has 0 spiro atoms. The summed E-state index contributed by atoms with van der Waals surface area (Å²) in [5.41, 5.74) is 0.818. The van der Waals surface area contributed by atoms with E-state index in [0.717, 1.165) is 23.4 Å². The van der Waals surface area contributed by atoms with Gasteiger partial charge in [-0.25, -0.2) is 0 Å². The molecule has 11 heteroatoms. The van der Waals surface area contributed by atoms with E-state index in [1.807, 2.05) is 30.3 Å². The van der Waals surface area contributed by atoms with E-state index in [0.29, 0.717) is 33.2 Å². The van der Waals surface area contributed by atoms with Crippen molar-refractivity contribution in [1.29, 1.82) is 0 Å². The van der Waals surface area contributed by atoms with Crippen LogP contribution < -0.4 is 16.0 Å². The average Bonchev–Trinajstić information content (AvgIpc) is 3.63. The molecular weight excluding hydrogens is 688 g/mol. The monoisotopic (exact) mass is 717 g/mol. The van der Waals surface area contributed by atoms with E-state index in [4.69, 9.17) is 4.42 Å². The number of carbonyl (C=O) groups excluding carboxylic acids is 3. The second-order valence-electron chi connectivity index (χ2n) is 11.4. The van der Waals surface area contributed by atoms with Crippen LogP contribution in [0.15, 0.2) is 167 Å². The van der Waals surface area contributed by atoms with Crippen molar-refractivity contribution in [1.82, 2.24) is 5.32 Å². The first-order chi connectivity index (χ1) is 25.1. The van der Waals surface area contributed by atoms with E-state index in [1.54, 1.807) is 97.1 Å². The molecule has 3 N–H and O–H groups in total. The molecule has 6 aromatic rings. The van der Waals surface area contributed by atoms with Gasteiger partial charge < -0.3 is 20.4 Å². The van der Waals surface area contributed by atoms with Gasteiger partial charge in [-0.3, -0.25) is 14.4 Å². The molecule has 0 radical (unpaired) electrons. The van der Waals surface area contributed by atoms with E-state index in [1.165, 1.54) is 24.3 Å². The van der Waals surface area contributed by atoms with Crippen LogP contribution in [0.5, 0.6) is 0 Å². The maximum Gasteiger partial charge on any atom is 0.418 e. The number of rotatable bonds is 11. The van der Waals surface area contributed by atoms with E-state index in [2.05, 4.69) is 16.0 Å². The molecule has 6 rings (SSSR count). The molecular formula is C41H30F3N3O4S. The predicted octanol–water partition coefficient (Wildman–Crippen LogP) is 9.85. The Balaban J connectivity index is 1.21. The Morgan fingerprint density at radius 3 is 1.96 bits per heavy atom. The zero-order valence-corrected chi connectivity index (χ0v) is 28.1. The van der Waals surface area contributed by atoms with E-state index >= 15 is 0 Å². The lowest BCUT2D eigenvalue weighted by atomic mass is 10.1. The zero-order valence-electron chi connectivity index (χ0n) is 27.3. The van der Waals surface area contributed by atoms with Gasteiger partial charge in [-0.1, -0.05) is 91.0 Å². The van der Waals surface area contributed by atoms with Crippen LogP contribution in [0.3, 0.4) is 0 Å². The lowest BCUT2D eigenvalue weighted by molar-refractivity contribution is -0.137. The molecule has 1 atom stereocenters. The maximum atomic E-state index is 13.6. The fourth-order valence-electron chi connectivity index (χ4n) is 5.16. The number of amides is 3. The summed E-state index contributed by atoms with van der Waals surface area (Å²) in [6.45, 7) is 0. The third-order valence-electron chi connectivity index (χ3n) is 7.70. The maximum absolute atomic E-state index is 13.6. The lowest BCUT2D eigenvalue weighted by Crippen LogP contribution is -2.30. The Morgan fingerprint density at radius 1 is 0.673 bits per heavy atom. The highest BCUT2D eigenvalue weighted by atomic mass is 32.2. The fraction of sp³-hybridized carbons (Fsp3) is 0.0488. The van der Waals surface area contributed by atoms with Crippen LogP contribution >= 0.6 is 11.8 Å². The van der Waals surface area contributed by atoms with Crippen molar-refractivity contribution < 1.29 is 32.0 Å². The third kappa shape index (κ3) is 9.06. The Kier molecular flexibility index (Phi) is 11.0. The van der Waals surface area contributed by atoms with Crippen molar-refractivity contribution in [3.63, 3.8) is 0 Å². The first-order valence-electron chi connectivity index (χ1n) is 16.0. The van der Waals surface area contributed by atoms with Gasteiger partial charge in [0.15, 0.2) is 0 Å². The van der Waals surface area contributed by atoms with Gasteiger partial charge in [-0.2, -0.15) is 13.2 Å². The number of para-hydroxylation sites is 1. The number of thioether (sulfide) groups is 1. The van der Waals surface area contributed by atoms with Crippen molar-refractivity contribution in [3.8, 4) is 11.3 Å². The predicted molar refractivity (Wildman–Crippen MR) is 196 cm³/mol. The highest BCUT2D eigenvalue weighted by Crippen LogP contribution is 2.39. The quantitative estimate of drug-likeness (QED) is 0.0916. The summed E-state index contributed by atoms with van der Waals surface area (Å²) in [6, 6.07) is 41.5. The Hall–Kier alpha value is -6.33. The van der Waals surface area contributed by atoms with Crippen molar-refractivity contribution in [2.24, 2.45) is 0 Å². The van der Waals surface area contributed by atoms with Crippen LogP contribution in [0.1, 0.15) is 32.5 Å². The SMILES string of the molecule is O=C(Nc1ccc(S[C@H](C(=O)Nc2ccccc2C(F)(F)F)c2ccccc2)cc1)/C(=C\c1ccc(-c2ccccc2)o1)NC(=O)c1ccccc1. The third-order valence-corrected chi connectivity index (χ3v) is 8.96. The number of hydrogen-bond donors (Lipinski definition) is 3. The first-order valence-corrected chi connectivity index (χ1v) is 16.9. The molecule has 0 aliphatic rings. The second-order valence-corrected chi connectivity index (χ2v) is 12.5. The van der Waals surface area contributed by atoms with E-state index in [-0.39, 0.29) is 11.4 Å². The summed E-state index contributed by atoms with van der Waals surface area (Å²) in [5, 5.41) is 7.03. The van der Waals surface area contributed by atoms with Crippen molar-refractivity contribution >= 4 is 46.9 Å². The molecule has 3 amide bonds. The van der Waals surface area contributed by atoms with Crippen LogP contribution in [0.2, 0.25) is 0 Å². The minimum absolute atomic E-state index is 0.0683. The molecule has 52 heavy (non-hydrogen) atoms. The normalized spacial score (nSPS) is 12.1. The Morgan fingerprint density at radius 2 is 1.29 bits per heavy atom. The molecule has 1 heterocycles.